The molecule has 0 aliphatic carbocycles. The molecule has 0 saturated carbocycles. The van der Waals surface area contributed by atoms with Crippen molar-refractivity contribution in [3.8, 4) is 0 Å². The highest BCUT2D eigenvalue weighted by molar-refractivity contribution is 5.70. The first-order valence-corrected chi connectivity index (χ1v) is 4.75. The fourth-order valence-corrected chi connectivity index (χ4v) is 0.654. The Balaban J connectivity index is 4.40. The van der Waals surface area contributed by atoms with E-state index >= 15 is 0 Å². The van der Waals surface area contributed by atoms with E-state index < -0.39 is 38.3 Å². The minimum Gasteiger partial charge on any atom is -0.464 e. The lowest BCUT2D eigenvalue weighted by Gasteiger charge is -2.05. The number of esters is 2. The van der Waals surface area contributed by atoms with Crippen LogP contribution < -0.4 is 0 Å². The third-order valence-corrected chi connectivity index (χ3v) is 1.18. The van der Waals surface area contributed by atoms with Crippen molar-refractivity contribution in [3.05, 3.63) is 0 Å². The van der Waals surface area contributed by atoms with Crippen LogP contribution in [0, 0.1) is 0 Å². The zero-order valence-electron chi connectivity index (χ0n) is 13.3. The van der Waals surface area contributed by atoms with Crippen molar-refractivity contribution in [1.82, 2.24) is 0 Å². The summed E-state index contributed by atoms with van der Waals surface area (Å²) in [6.07, 6.45) is 0. The van der Waals surface area contributed by atoms with E-state index in [2.05, 4.69) is 18.9 Å². The Morgan fingerprint density at radius 1 is 0.938 bits per heavy atom. The van der Waals surface area contributed by atoms with E-state index in [0.29, 0.717) is 0 Å². The molecule has 0 saturated heterocycles. The first-order chi connectivity index (χ1) is 9.16. The zero-order chi connectivity index (χ0) is 15.8. The van der Waals surface area contributed by atoms with Crippen molar-refractivity contribution in [2.24, 2.45) is 0 Å². The van der Waals surface area contributed by atoms with E-state index in [1.807, 2.05) is 0 Å². The largest absolute Gasteiger partial charge is 0.464 e. The van der Waals surface area contributed by atoms with Crippen molar-refractivity contribution in [2.45, 2.75) is 13.8 Å². The van der Waals surface area contributed by atoms with Gasteiger partial charge < -0.3 is 18.9 Å². The van der Waals surface area contributed by atoms with Gasteiger partial charge in [0.05, 0.1) is 31.8 Å². The summed E-state index contributed by atoms with van der Waals surface area (Å²) in [5.74, 6) is -1.67. The van der Waals surface area contributed by atoms with E-state index in [4.69, 9.17) is 5.48 Å². The standard InChI is InChI=1S/C10H18O6/c1-3-15-9(11)7-13-5-6-14-8-10(12)16-4-2/h3-8H2,1-2H3/i5D2,6D2. The van der Waals surface area contributed by atoms with E-state index in [0.717, 1.165) is 0 Å². The first kappa shape index (κ1) is 8.95. The van der Waals surface area contributed by atoms with Gasteiger partial charge in [0.25, 0.3) is 0 Å². The molecular weight excluding hydrogens is 216 g/mol. The molecule has 0 spiro atoms. The molecule has 0 aromatic carbocycles. The highest BCUT2D eigenvalue weighted by Gasteiger charge is 2.02. The molecule has 0 aliphatic heterocycles. The van der Waals surface area contributed by atoms with Gasteiger partial charge >= 0.3 is 11.9 Å². The summed E-state index contributed by atoms with van der Waals surface area (Å²) < 4.78 is 47.6. The molecule has 6 nitrogen and oxygen atoms in total. The van der Waals surface area contributed by atoms with Gasteiger partial charge in [0.2, 0.25) is 0 Å². The summed E-state index contributed by atoms with van der Waals surface area (Å²) in [7, 11) is 0. The van der Waals surface area contributed by atoms with Crippen molar-refractivity contribution in [3.63, 3.8) is 0 Å². The van der Waals surface area contributed by atoms with Crippen LogP contribution in [0.3, 0.4) is 0 Å². The molecule has 0 heterocycles. The number of rotatable bonds is 9. The number of ether oxygens (including phenoxy) is 4. The molecule has 0 fully saturated rings. The smallest absolute Gasteiger partial charge is 0.332 e. The van der Waals surface area contributed by atoms with E-state index in [-0.39, 0.29) is 13.2 Å². The minimum atomic E-state index is -2.94. The van der Waals surface area contributed by atoms with Gasteiger partial charge in [-0.15, -0.1) is 0 Å². The van der Waals surface area contributed by atoms with Crippen LogP contribution in [0.1, 0.15) is 19.3 Å². The second-order valence-corrected chi connectivity index (χ2v) is 2.39. The third kappa shape index (κ3) is 9.42. The maximum atomic E-state index is 11.0. The van der Waals surface area contributed by atoms with Crippen LogP contribution in [-0.4, -0.2) is 51.5 Å². The lowest BCUT2D eigenvalue weighted by molar-refractivity contribution is -0.152. The Bertz CT molecular complexity index is 302. The molecule has 0 atom stereocenters. The van der Waals surface area contributed by atoms with Crippen molar-refractivity contribution >= 4 is 11.9 Å². The molecule has 16 heavy (non-hydrogen) atoms. The molecule has 0 unspecified atom stereocenters. The highest BCUT2D eigenvalue weighted by atomic mass is 16.6. The summed E-state index contributed by atoms with van der Waals surface area (Å²) >= 11 is 0. The molecule has 0 radical (unpaired) electrons. The Labute approximate surface area is 100 Å². The van der Waals surface area contributed by atoms with Crippen LogP contribution in [-0.2, 0) is 28.5 Å². The van der Waals surface area contributed by atoms with Gasteiger partial charge in [0, 0.05) is 0 Å². The average Bonchev–Trinajstić information content (AvgIpc) is 2.35. The normalized spacial score (nSPS) is 15.4. The van der Waals surface area contributed by atoms with Gasteiger partial charge in [-0.05, 0) is 13.8 Å². The Hall–Kier alpha value is -1.14. The number of hydrogen-bond donors (Lipinski definition) is 0. The molecule has 0 aliphatic rings. The molecule has 0 aromatic heterocycles. The second kappa shape index (κ2) is 10.4. The molecule has 0 bridgehead atoms. The topological polar surface area (TPSA) is 71.1 Å². The molecule has 0 aromatic rings. The van der Waals surface area contributed by atoms with Crippen molar-refractivity contribution in [1.29, 1.82) is 0 Å². The summed E-state index contributed by atoms with van der Waals surface area (Å²) in [5.41, 5.74) is 0. The van der Waals surface area contributed by atoms with Gasteiger partial charge in [-0.3, -0.25) is 0 Å². The maximum Gasteiger partial charge on any atom is 0.332 e. The van der Waals surface area contributed by atoms with Gasteiger partial charge in [0.15, 0.2) is 0 Å². The maximum absolute atomic E-state index is 11.0. The summed E-state index contributed by atoms with van der Waals surface area (Å²) in [4.78, 5) is 22.0. The summed E-state index contributed by atoms with van der Waals surface area (Å²) in [5, 5.41) is 0. The predicted molar refractivity (Wildman–Crippen MR) is 54.9 cm³/mol. The quantitative estimate of drug-likeness (QED) is 0.532. The van der Waals surface area contributed by atoms with Gasteiger partial charge in [-0.25, -0.2) is 9.59 Å². The van der Waals surface area contributed by atoms with E-state index in [9.17, 15) is 9.59 Å². The fourth-order valence-electron chi connectivity index (χ4n) is 0.654. The van der Waals surface area contributed by atoms with Gasteiger partial charge in [-0.1, -0.05) is 0 Å². The van der Waals surface area contributed by atoms with E-state index in [1.165, 1.54) is 0 Å². The van der Waals surface area contributed by atoms with Crippen LogP contribution >= 0.6 is 0 Å². The van der Waals surface area contributed by atoms with Crippen LogP contribution in [0.2, 0.25) is 0 Å². The summed E-state index contributed by atoms with van der Waals surface area (Å²) in [6.45, 7) is -4.11. The Morgan fingerprint density at radius 2 is 1.31 bits per heavy atom. The molecule has 94 valence electrons. The predicted octanol–water partition coefficient (Wildman–Crippen LogP) is 0.146. The fraction of sp³-hybridized carbons (Fsp3) is 0.800. The lowest BCUT2D eigenvalue weighted by atomic mass is 10.6. The SMILES string of the molecule is [2H]C([2H])(OCC(=O)OCC)C([2H])([2H])OCC(=O)OCC. The molecular formula is C10H18O6. The molecule has 0 N–H and O–H groups in total. The molecule has 0 rings (SSSR count). The lowest BCUT2D eigenvalue weighted by Crippen LogP contribution is -2.17. The monoisotopic (exact) mass is 238 g/mol. The molecule has 6 heteroatoms. The van der Waals surface area contributed by atoms with Crippen LogP contribution in [0.5, 0.6) is 0 Å². The van der Waals surface area contributed by atoms with Crippen molar-refractivity contribution in [2.75, 3.05) is 39.5 Å². The van der Waals surface area contributed by atoms with Crippen LogP contribution in [0.4, 0.5) is 0 Å². The third-order valence-electron chi connectivity index (χ3n) is 1.18. The van der Waals surface area contributed by atoms with Crippen LogP contribution in [0.15, 0.2) is 0 Å². The minimum absolute atomic E-state index is 0.0947. The number of carbonyl (C=O) groups excluding carboxylic acids is 2. The average molecular weight is 238 g/mol. The molecule has 0 amide bonds. The van der Waals surface area contributed by atoms with Crippen molar-refractivity contribution < 1.29 is 34.0 Å². The Morgan fingerprint density at radius 3 is 1.62 bits per heavy atom. The van der Waals surface area contributed by atoms with E-state index in [1.54, 1.807) is 13.8 Å². The second-order valence-electron chi connectivity index (χ2n) is 2.39. The Kier molecular flexibility index (Phi) is 5.81. The highest BCUT2D eigenvalue weighted by Crippen LogP contribution is 1.84. The summed E-state index contributed by atoms with van der Waals surface area (Å²) in [6, 6.07) is 0. The number of carbonyl (C=O) groups is 2. The number of hydrogen-bond acceptors (Lipinski definition) is 6. The van der Waals surface area contributed by atoms with Gasteiger partial charge in [-0.2, -0.15) is 0 Å². The van der Waals surface area contributed by atoms with Gasteiger partial charge in [0.1, 0.15) is 13.2 Å². The van der Waals surface area contributed by atoms with Crippen LogP contribution in [0.25, 0.3) is 0 Å². The zero-order valence-corrected chi connectivity index (χ0v) is 9.28. The first-order valence-electron chi connectivity index (χ1n) is 6.75.